The first-order valence-electron chi connectivity index (χ1n) is 9.15. The largest absolute Gasteiger partial charge is 0.870 e. The van der Waals surface area contributed by atoms with E-state index in [-0.39, 0.29) is 28.3 Å². The molecule has 0 heterocycles. The molecule has 1 aromatic rings. The monoisotopic (exact) mass is 343 g/mol. The third-order valence-corrected chi connectivity index (χ3v) is 6.06. The lowest BCUT2D eigenvalue weighted by Crippen LogP contribution is -2.49. The van der Waals surface area contributed by atoms with Crippen LogP contribution in [0.1, 0.15) is 51.0 Å². The van der Waals surface area contributed by atoms with Crippen molar-refractivity contribution in [3.05, 3.63) is 27.8 Å². The summed E-state index contributed by atoms with van der Waals surface area (Å²) in [7, 11) is 0. The number of non-ortho nitro benzene ring substituents is 1. The standard InChI is InChI=1S/C19H24N2O4/c1-2-25-17-7-16(21(23)24)6-15(18(17)22)11-20-19-8-12-3-13(9-19)5-14(4-12)10-19/h6-7,11-14,22H,2-5,8-10H2,1H3/p-1. The van der Waals surface area contributed by atoms with E-state index in [2.05, 4.69) is 0 Å². The highest BCUT2D eigenvalue weighted by molar-refractivity contribution is 5.86. The number of nitro benzene ring substituents is 1. The summed E-state index contributed by atoms with van der Waals surface area (Å²) in [6, 6.07) is 2.52. The van der Waals surface area contributed by atoms with Gasteiger partial charge in [-0.2, -0.15) is 0 Å². The molecule has 6 nitrogen and oxygen atoms in total. The second-order valence-electron chi connectivity index (χ2n) is 7.95. The number of aliphatic imine (C=N–C) groups is 1. The fourth-order valence-corrected chi connectivity index (χ4v) is 5.50. The van der Waals surface area contributed by atoms with Crippen molar-refractivity contribution in [1.29, 1.82) is 0 Å². The third kappa shape index (κ3) is 2.98. The Balaban J connectivity index is 1.66. The predicted octanol–water partition coefficient (Wildman–Crippen LogP) is 3.45. The van der Waals surface area contributed by atoms with E-state index >= 15 is 0 Å². The topological polar surface area (TPSA) is 87.8 Å². The van der Waals surface area contributed by atoms with Gasteiger partial charge in [0, 0.05) is 12.3 Å². The highest BCUT2D eigenvalue weighted by atomic mass is 16.6. The second-order valence-corrected chi connectivity index (χ2v) is 7.95. The number of rotatable bonds is 5. The van der Waals surface area contributed by atoms with Crippen LogP contribution < -0.4 is 9.84 Å². The zero-order chi connectivity index (χ0) is 17.6. The van der Waals surface area contributed by atoms with Crippen molar-refractivity contribution in [2.75, 3.05) is 6.61 Å². The number of ether oxygens (including phenoxy) is 1. The summed E-state index contributed by atoms with van der Waals surface area (Å²) in [4.78, 5) is 15.5. The lowest BCUT2D eigenvalue weighted by molar-refractivity contribution is -0.385. The van der Waals surface area contributed by atoms with E-state index in [1.54, 1.807) is 13.1 Å². The molecule has 4 fully saturated rings. The lowest BCUT2D eigenvalue weighted by atomic mass is 9.53. The minimum Gasteiger partial charge on any atom is -0.870 e. The van der Waals surface area contributed by atoms with Gasteiger partial charge in [0.2, 0.25) is 0 Å². The van der Waals surface area contributed by atoms with Crippen molar-refractivity contribution in [3.8, 4) is 11.5 Å². The molecule has 134 valence electrons. The molecule has 0 radical (unpaired) electrons. The van der Waals surface area contributed by atoms with Gasteiger partial charge in [-0.3, -0.25) is 15.1 Å². The molecule has 0 aromatic heterocycles. The van der Waals surface area contributed by atoms with Crippen LogP contribution in [0.5, 0.6) is 11.5 Å². The zero-order valence-electron chi connectivity index (χ0n) is 14.4. The summed E-state index contributed by atoms with van der Waals surface area (Å²) in [6.45, 7) is 2.05. The summed E-state index contributed by atoms with van der Waals surface area (Å²) in [5.41, 5.74) is 0.0702. The molecule has 1 aromatic carbocycles. The molecular formula is C19H23N2O4-. The first kappa shape index (κ1) is 16.4. The summed E-state index contributed by atoms with van der Waals surface area (Å²) in [5, 5.41) is 23.7. The average Bonchev–Trinajstić information content (AvgIpc) is 2.54. The molecule has 0 unspecified atom stereocenters. The number of hydrogen-bond donors (Lipinski definition) is 0. The number of hydrogen-bond acceptors (Lipinski definition) is 5. The van der Waals surface area contributed by atoms with Crippen LogP contribution in [-0.4, -0.2) is 23.3 Å². The maximum Gasteiger partial charge on any atom is 0.273 e. The molecule has 0 N–H and O–H groups in total. The fraction of sp³-hybridized carbons (Fsp3) is 0.632. The molecule has 25 heavy (non-hydrogen) atoms. The second kappa shape index (κ2) is 6.00. The first-order chi connectivity index (χ1) is 12.0. The Kier molecular flexibility index (Phi) is 3.93. The normalized spacial score (nSPS) is 33.1. The minimum absolute atomic E-state index is 0.0312. The van der Waals surface area contributed by atoms with Crippen LogP contribution in [0.2, 0.25) is 0 Å². The smallest absolute Gasteiger partial charge is 0.273 e. The van der Waals surface area contributed by atoms with E-state index in [0.29, 0.717) is 6.61 Å². The summed E-state index contributed by atoms with van der Waals surface area (Å²) in [5.74, 6) is 2.00. The van der Waals surface area contributed by atoms with Crippen LogP contribution in [0, 0.1) is 27.9 Å². The Morgan fingerprint density at radius 2 is 1.84 bits per heavy atom. The Hall–Kier alpha value is -2.11. The average molecular weight is 343 g/mol. The van der Waals surface area contributed by atoms with Gasteiger partial charge >= 0.3 is 0 Å². The van der Waals surface area contributed by atoms with Gasteiger partial charge in [0.25, 0.3) is 5.69 Å². The van der Waals surface area contributed by atoms with Gasteiger partial charge in [-0.25, -0.2) is 0 Å². The molecule has 0 saturated heterocycles. The summed E-state index contributed by atoms with van der Waals surface area (Å²) >= 11 is 0. The minimum atomic E-state index is -0.496. The molecule has 4 saturated carbocycles. The van der Waals surface area contributed by atoms with Gasteiger partial charge in [0.15, 0.2) is 0 Å². The molecule has 0 spiro atoms. The Morgan fingerprint density at radius 3 is 2.36 bits per heavy atom. The van der Waals surface area contributed by atoms with Gasteiger partial charge in [-0.15, -0.1) is 0 Å². The zero-order valence-corrected chi connectivity index (χ0v) is 14.4. The highest BCUT2D eigenvalue weighted by Gasteiger charge is 2.50. The van der Waals surface area contributed by atoms with E-state index in [1.807, 2.05) is 0 Å². The van der Waals surface area contributed by atoms with Crippen molar-refractivity contribution in [2.24, 2.45) is 22.7 Å². The van der Waals surface area contributed by atoms with Crippen molar-refractivity contribution in [3.63, 3.8) is 0 Å². The maximum absolute atomic E-state index is 12.5. The molecule has 0 amide bonds. The molecule has 4 aliphatic carbocycles. The van der Waals surface area contributed by atoms with Crippen molar-refractivity contribution in [1.82, 2.24) is 0 Å². The Morgan fingerprint density at radius 1 is 1.24 bits per heavy atom. The maximum atomic E-state index is 12.5. The predicted molar refractivity (Wildman–Crippen MR) is 92.2 cm³/mol. The van der Waals surface area contributed by atoms with Crippen molar-refractivity contribution >= 4 is 11.9 Å². The number of nitrogens with zero attached hydrogens (tertiary/aromatic N) is 2. The summed E-state index contributed by atoms with van der Waals surface area (Å²) in [6.07, 6.45) is 8.84. The van der Waals surface area contributed by atoms with Gasteiger partial charge < -0.3 is 9.84 Å². The SMILES string of the molecule is CCOc1cc([N+](=O)[O-])cc(C=NC23CC4CC(CC(C4)C2)C3)c1[O-]. The Bertz CT molecular complexity index is 693. The van der Waals surface area contributed by atoms with Gasteiger partial charge in [0.1, 0.15) is 5.75 Å². The van der Waals surface area contributed by atoms with Crippen molar-refractivity contribution in [2.45, 2.75) is 51.0 Å². The van der Waals surface area contributed by atoms with Crippen LogP contribution in [0.15, 0.2) is 17.1 Å². The van der Waals surface area contributed by atoms with Gasteiger partial charge in [-0.05, 0) is 68.8 Å². The van der Waals surface area contributed by atoms with E-state index in [0.717, 1.165) is 37.0 Å². The van der Waals surface area contributed by atoms with E-state index in [4.69, 9.17) is 9.73 Å². The molecular weight excluding hydrogens is 320 g/mol. The molecule has 4 aliphatic rings. The number of benzene rings is 1. The quantitative estimate of drug-likeness (QED) is 0.465. The lowest BCUT2D eigenvalue weighted by Gasteiger charge is -2.55. The third-order valence-electron chi connectivity index (χ3n) is 6.06. The van der Waals surface area contributed by atoms with Crippen LogP contribution in [0.4, 0.5) is 5.69 Å². The van der Waals surface area contributed by atoms with E-state index < -0.39 is 4.92 Å². The van der Waals surface area contributed by atoms with Crippen LogP contribution >= 0.6 is 0 Å². The molecule has 0 atom stereocenters. The summed E-state index contributed by atoms with van der Waals surface area (Å²) < 4.78 is 5.29. The fourth-order valence-electron chi connectivity index (χ4n) is 5.50. The van der Waals surface area contributed by atoms with E-state index in [9.17, 15) is 15.2 Å². The van der Waals surface area contributed by atoms with Crippen molar-refractivity contribution < 1.29 is 14.8 Å². The first-order valence-corrected chi connectivity index (χ1v) is 9.15. The Labute approximate surface area is 147 Å². The number of nitro groups is 1. The van der Waals surface area contributed by atoms with Crippen LogP contribution in [-0.2, 0) is 0 Å². The molecule has 0 aliphatic heterocycles. The van der Waals surface area contributed by atoms with Gasteiger partial charge in [-0.1, -0.05) is 5.75 Å². The molecule has 5 rings (SSSR count). The highest BCUT2D eigenvalue weighted by Crippen LogP contribution is 2.57. The van der Waals surface area contributed by atoms with Gasteiger partial charge in [0.05, 0.1) is 23.1 Å². The van der Waals surface area contributed by atoms with Crippen LogP contribution in [0.25, 0.3) is 0 Å². The van der Waals surface area contributed by atoms with E-state index in [1.165, 1.54) is 31.4 Å². The molecule has 6 heteroatoms. The van der Waals surface area contributed by atoms with Crippen LogP contribution in [0.3, 0.4) is 0 Å². The molecule has 4 bridgehead atoms.